The largest absolute Gasteiger partial charge is 0.381 e. The van der Waals surface area contributed by atoms with Crippen molar-refractivity contribution in [3.8, 4) is 0 Å². The van der Waals surface area contributed by atoms with Gasteiger partial charge in [-0.05, 0) is 31.0 Å². The van der Waals surface area contributed by atoms with Crippen LogP contribution in [0.15, 0.2) is 41.7 Å². The van der Waals surface area contributed by atoms with Crippen LogP contribution in [0.1, 0.15) is 18.7 Å². The molecule has 1 aliphatic heterocycles. The SMILES string of the molecule is O=c1[nH]c(CSC2CCOCC2)nc2cc(Nc3cncnc3)ccc12. The van der Waals surface area contributed by atoms with E-state index in [2.05, 4.69) is 25.3 Å². The fraction of sp³-hybridized carbons (Fsp3) is 0.333. The molecule has 0 aliphatic carbocycles. The van der Waals surface area contributed by atoms with Crippen molar-refractivity contribution in [3.63, 3.8) is 0 Å². The van der Waals surface area contributed by atoms with Gasteiger partial charge in [-0.2, -0.15) is 11.8 Å². The van der Waals surface area contributed by atoms with E-state index in [1.807, 2.05) is 23.9 Å². The summed E-state index contributed by atoms with van der Waals surface area (Å²) in [6.45, 7) is 1.63. The molecule has 4 rings (SSSR count). The first-order chi connectivity index (χ1) is 12.8. The summed E-state index contributed by atoms with van der Waals surface area (Å²) in [7, 11) is 0. The van der Waals surface area contributed by atoms with Gasteiger partial charge in [0.1, 0.15) is 12.2 Å². The molecule has 7 nitrogen and oxygen atoms in total. The summed E-state index contributed by atoms with van der Waals surface area (Å²) in [5.74, 6) is 1.40. The molecular weight excluding hydrogens is 350 g/mol. The minimum atomic E-state index is -0.104. The van der Waals surface area contributed by atoms with Crippen molar-refractivity contribution >= 4 is 34.0 Å². The van der Waals surface area contributed by atoms with Gasteiger partial charge in [-0.1, -0.05) is 0 Å². The first kappa shape index (κ1) is 17.0. The zero-order valence-electron chi connectivity index (χ0n) is 14.1. The molecular formula is C18H19N5O2S. The van der Waals surface area contributed by atoms with Crippen LogP contribution < -0.4 is 10.9 Å². The van der Waals surface area contributed by atoms with Gasteiger partial charge in [-0.25, -0.2) is 15.0 Å². The van der Waals surface area contributed by atoms with Crippen LogP contribution in [-0.4, -0.2) is 38.4 Å². The third kappa shape index (κ3) is 4.03. The van der Waals surface area contributed by atoms with E-state index in [0.29, 0.717) is 27.7 Å². The van der Waals surface area contributed by atoms with Crippen LogP contribution in [0.25, 0.3) is 10.9 Å². The number of fused-ring (bicyclic) bond motifs is 1. The van der Waals surface area contributed by atoms with Gasteiger partial charge in [0, 0.05) is 24.2 Å². The lowest BCUT2D eigenvalue weighted by Crippen LogP contribution is -2.18. The van der Waals surface area contributed by atoms with Crippen molar-refractivity contribution in [2.45, 2.75) is 23.8 Å². The Kier molecular flexibility index (Phi) is 5.12. The van der Waals surface area contributed by atoms with Crippen molar-refractivity contribution in [1.29, 1.82) is 0 Å². The number of rotatable bonds is 5. The van der Waals surface area contributed by atoms with Crippen LogP contribution in [0, 0.1) is 0 Å². The number of aromatic amines is 1. The first-order valence-electron chi connectivity index (χ1n) is 8.52. The number of hydrogen-bond donors (Lipinski definition) is 2. The number of anilines is 2. The summed E-state index contributed by atoms with van der Waals surface area (Å²) in [6, 6.07) is 5.51. The summed E-state index contributed by atoms with van der Waals surface area (Å²) in [6.07, 6.45) is 6.97. The molecule has 0 saturated carbocycles. The van der Waals surface area contributed by atoms with Gasteiger partial charge in [0.05, 0.1) is 34.7 Å². The third-order valence-electron chi connectivity index (χ3n) is 4.23. The van der Waals surface area contributed by atoms with Crippen molar-refractivity contribution in [3.05, 3.63) is 53.1 Å². The highest BCUT2D eigenvalue weighted by Crippen LogP contribution is 2.25. The summed E-state index contributed by atoms with van der Waals surface area (Å²) in [5, 5.41) is 4.37. The van der Waals surface area contributed by atoms with Gasteiger partial charge < -0.3 is 15.0 Å². The molecule has 1 saturated heterocycles. The van der Waals surface area contributed by atoms with E-state index >= 15 is 0 Å². The molecule has 26 heavy (non-hydrogen) atoms. The highest BCUT2D eigenvalue weighted by molar-refractivity contribution is 7.99. The molecule has 3 aromatic rings. The van der Waals surface area contributed by atoms with Gasteiger partial charge >= 0.3 is 0 Å². The fourth-order valence-electron chi connectivity index (χ4n) is 2.90. The Labute approximate surface area is 154 Å². The van der Waals surface area contributed by atoms with Crippen LogP contribution in [0.4, 0.5) is 11.4 Å². The third-order valence-corrected chi connectivity index (χ3v) is 5.61. The van der Waals surface area contributed by atoms with Crippen LogP contribution in [0.2, 0.25) is 0 Å². The number of H-pyrrole nitrogens is 1. The Balaban J connectivity index is 1.54. The zero-order valence-corrected chi connectivity index (χ0v) is 15.0. The van der Waals surface area contributed by atoms with Crippen LogP contribution >= 0.6 is 11.8 Å². The number of benzene rings is 1. The summed E-state index contributed by atoms with van der Waals surface area (Å²) < 4.78 is 5.39. The maximum Gasteiger partial charge on any atom is 0.258 e. The van der Waals surface area contributed by atoms with E-state index in [9.17, 15) is 4.79 Å². The van der Waals surface area contributed by atoms with Crippen molar-refractivity contribution in [1.82, 2.24) is 19.9 Å². The number of ether oxygens (including phenoxy) is 1. The van der Waals surface area contributed by atoms with Gasteiger partial charge in [0.2, 0.25) is 0 Å². The molecule has 0 radical (unpaired) electrons. The Bertz CT molecular complexity index is 941. The predicted molar refractivity (Wildman–Crippen MR) is 103 cm³/mol. The monoisotopic (exact) mass is 369 g/mol. The predicted octanol–water partition coefficient (Wildman–Crippen LogP) is 2.87. The molecule has 2 N–H and O–H groups in total. The minimum Gasteiger partial charge on any atom is -0.381 e. The van der Waals surface area contributed by atoms with E-state index in [1.54, 1.807) is 18.5 Å². The van der Waals surface area contributed by atoms with Crippen LogP contribution in [-0.2, 0) is 10.5 Å². The Hall–Kier alpha value is -2.45. The maximum absolute atomic E-state index is 12.4. The highest BCUT2D eigenvalue weighted by Gasteiger charge is 2.15. The molecule has 2 aromatic heterocycles. The molecule has 0 bridgehead atoms. The number of nitrogens with zero attached hydrogens (tertiary/aromatic N) is 3. The molecule has 0 spiro atoms. The van der Waals surface area contributed by atoms with Gasteiger partial charge in [-0.3, -0.25) is 4.79 Å². The van der Waals surface area contributed by atoms with E-state index in [-0.39, 0.29) is 5.56 Å². The summed E-state index contributed by atoms with van der Waals surface area (Å²) in [5.41, 5.74) is 2.20. The molecule has 0 unspecified atom stereocenters. The lowest BCUT2D eigenvalue weighted by atomic mass is 10.2. The summed E-state index contributed by atoms with van der Waals surface area (Å²) >= 11 is 1.83. The van der Waals surface area contributed by atoms with E-state index in [4.69, 9.17) is 4.74 Å². The quantitative estimate of drug-likeness (QED) is 0.714. The Morgan fingerprint density at radius 3 is 2.81 bits per heavy atom. The minimum absolute atomic E-state index is 0.104. The van der Waals surface area contributed by atoms with Crippen molar-refractivity contribution < 1.29 is 4.74 Å². The molecule has 1 fully saturated rings. The first-order valence-corrected chi connectivity index (χ1v) is 9.57. The van der Waals surface area contributed by atoms with E-state index in [1.165, 1.54) is 6.33 Å². The van der Waals surface area contributed by atoms with Crippen LogP contribution in [0.5, 0.6) is 0 Å². The van der Waals surface area contributed by atoms with Gasteiger partial charge in [-0.15, -0.1) is 0 Å². The Morgan fingerprint density at radius 1 is 1.19 bits per heavy atom. The average molecular weight is 369 g/mol. The number of nitrogens with one attached hydrogen (secondary N) is 2. The smallest absolute Gasteiger partial charge is 0.258 e. The fourth-order valence-corrected chi connectivity index (χ4v) is 3.96. The topological polar surface area (TPSA) is 92.8 Å². The van der Waals surface area contributed by atoms with Crippen molar-refractivity contribution in [2.75, 3.05) is 18.5 Å². The van der Waals surface area contributed by atoms with Crippen molar-refractivity contribution in [2.24, 2.45) is 0 Å². The van der Waals surface area contributed by atoms with E-state index in [0.717, 1.165) is 37.4 Å². The lowest BCUT2D eigenvalue weighted by molar-refractivity contribution is 0.1000. The molecule has 1 aliphatic rings. The molecule has 8 heteroatoms. The molecule has 134 valence electrons. The molecule has 3 heterocycles. The second-order valence-electron chi connectivity index (χ2n) is 6.12. The van der Waals surface area contributed by atoms with Gasteiger partial charge in [0.15, 0.2) is 0 Å². The molecule has 0 atom stereocenters. The standard InChI is InChI=1S/C18H19N5O2S/c24-18-15-2-1-12(21-13-8-19-11-20-9-13)7-16(15)22-17(23-18)10-26-14-3-5-25-6-4-14/h1-2,7-9,11,14,21H,3-6,10H2,(H,22,23,24). The normalized spacial score (nSPS) is 15.2. The van der Waals surface area contributed by atoms with Crippen LogP contribution in [0.3, 0.4) is 0 Å². The number of aromatic nitrogens is 4. The number of hydrogen-bond acceptors (Lipinski definition) is 7. The van der Waals surface area contributed by atoms with Gasteiger partial charge in [0.25, 0.3) is 5.56 Å². The molecule has 0 amide bonds. The second kappa shape index (κ2) is 7.84. The Morgan fingerprint density at radius 2 is 2.00 bits per heavy atom. The zero-order chi connectivity index (χ0) is 17.8. The number of thioether (sulfide) groups is 1. The van der Waals surface area contributed by atoms with E-state index < -0.39 is 0 Å². The maximum atomic E-state index is 12.4. The lowest BCUT2D eigenvalue weighted by Gasteiger charge is -2.21. The second-order valence-corrected chi connectivity index (χ2v) is 7.41. The molecule has 1 aromatic carbocycles. The summed E-state index contributed by atoms with van der Waals surface area (Å²) in [4.78, 5) is 27.9. The average Bonchev–Trinajstić information content (AvgIpc) is 2.68. The highest BCUT2D eigenvalue weighted by atomic mass is 32.2.